The zero-order valence-electron chi connectivity index (χ0n) is 17.7. The smallest absolute Gasteiger partial charge is 0.335 e. The van der Waals surface area contributed by atoms with Crippen molar-refractivity contribution in [3.05, 3.63) is 107 Å². The number of halogens is 1. The summed E-state index contributed by atoms with van der Waals surface area (Å²) in [7, 11) is 0. The lowest BCUT2D eigenvalue weighted by Crippen LogP contribution is -2.05. The van der Waals surface area contributed by atoms with Crippen LogP contribution in [0, 0.1) is 0 Å². The molecule has 5 rings (SSSR count). The van der Waals surface area contributed by atoms with Crippen LogP contribution in [-0.2, 0) is 12.3 Å². The number of carboxylic acids is 1. The summed E-state index contributed by atoms with van der Waals surface area (Å²) in [6, 6.07) is 27.5. The summed E-state index contributed by atoms with van der Waals surface area (Å²) >= 11 is 8.60. The molecule has 0 saturated carbocycles. The van der Waals surface area contributed by atoms with Crippen LogP contribution in [0.25, 0.3) is 21.7 Å². The Bertz CT molecular complexity index is 1490. The van der Waals surface area contributed by atoms with Crippen LogP contribution in [0.15, 0.2) is 89.8 Å². The molecule has 0 spiro atoms. The molecule has 0 aliphatic heterocycles. The van der Waals surface area contributed by atoms with Crippen molar-refractivity contribution in [1.82, 2.24) is 4.57 Å². The summed E-state index contributed by atoms with van der Waals surface area (Å²) in [5, 5.41) is 13.2. The van der Waals surface area contributed by atoms with Crippen LogP contribution in [0.1, 0.15) is 21.6 Å². The molecule has 6 heteroatoms. The number of aromatic carboxylic acids is 1. The van der Waals surface area contributed by atoms with Crippen LogP contribution in [0.4, 0.5) is 5.69 Å². The SMILES string of the molecule is Nc1ccc2c(c1)c(Cl)c(CSc1ccc3ccccc3c1)n2Cc1ccc(C(=O)O)cc1. The summed E-state index contributed by atoms with van der Waals surface area (Å²) in [4.78, 5) is 12.4. The Labute approximate surface area is 200 Å². The first-order valence-corrected chi connectivity index (χ1v) is 11.9. The van der Waals surface area contributed by atoms with E-state index in [1.807, 2.05) is 42.5 Å². The number of benzene rings is 4. The normalized spacial score (nSPS) is 11.3. The fourth-order valence-electron chi connectivity index (χ4n) is 4.05. The maximum absolute atomic E-state index is 11.2. The second-order valence-corrected chi connectivity index (χ2v) is 9.35. The molecule has 0 aliphatic carbocycles. The average molecular weight is 473 g/mol. The van der Waals surface area contributed by atoms with E-state index in [4.69, 9.17) is 17.3 Å². The van der Waals surface area contributed by atoms with Crippen molar-refractivity contribution in [2.75, 3.05) is 5.73 Å². The Kier molecular flexibility index (Phi) is 5.75. The highest BCUT2D eigenvalue weighted by molar-refractivity contribution is 7.98. The minimum absolute atomic E-state index is 0.272. The quantitative estimate of drug-likeness (QED) is 0.205. The third-order valence-electron chi connectivity index (χ3n) is 5.77. The van der Waals surface area contributed by atoms with Crippen molar-refractivity contribution >= 4 is 56.7 Å². The van der Waals surface area contributed by atoms with Crippen molar-refractivity contribution < 1.29 is 9.90 Å². The fourth-order valence-corrected chi connectivity index (χ4v) is 5.43. The van der Waals surface area contributed by atoms with Gasteiger partial charge in [0, 0.05) is 34.0 Å². The number of rotatable bonds is 6. The number of anilines is 1. The van der Waals surface area contributed by atoms with Gasteiger partial charge in [0.2, 0.25) is 0 Å². The van der Waals surface area contributed by atoms with Gasteiger partial charge in [-0.3, -0.25) is 0 Å². The standard InChI is InChI=1S/C27H21ClN2O2S/c28-26-23-14-21(29)10-12-24(23)30(15-17-5-7-19(8-6-17)27(31)32)25(26)16-33-22-11-9-18-3-1-2-4-20(18)13-22/h1-14H,15-16,29H2,(H,31,32). The summed E-state index contributed by atoms with van der Waals surface area (Å²) in [6.45, 7) is 0.584. The van der Waals surface area contributed by atoms with Gasteiger partial charge in [-0.2, -0.15) is 0 Å². The highest BCUT2D eigenvalue weighted by Gasteiger charge is 2.17. The van der Waals surface area contributed by atoms with Gasteiger partial charge in [-0.25, -0.2) is 4.79 Å². The van der Waals surface area contributed by atoms with Gasteiger partial charge in [0.25, 0.3) is 0 Å². The predicted molar refractivity (Wildman–Crippen MR) is 137 cm³/mol. The molecule has 0 saturated heterocycles. The van der Waals surface area contributed by atoms with E-state index in [0.29, 0.717) is 23.0 Å². The second-order valence-electron chi connectivity index (χ2n) is 7.92. The Morgan fingerprint density at radius 2 is 1.70 bits per heavy atom. The van der Waals surface area contributed by atoms with E-state index in [9.17, 15) is 9.90 Å². The van der Waals surface area contributed by atoms with Gasteiger partial charge in [0.1, 0.15) is 0 Å². The monoisotopic (exact) mass is 472 g/mol. The minimum atomic E-state index is -0.932. The van der Waals surface area contributed by atoms with E-state index in [0.717, 1.165) is 22.2 Å². The maximum Gasteiger partial charge on any atom is 0.335 e. The minimum Gasteiger partial charge on any atom is -0.478 e. The molecule has 33 heavy (non-hydrogen) atoms. The van der Waals surface area contributed by atoms with Crippen LogP contribution in [0.2, 0.25) is 5.02 Å². The molecule has 1 aromatic heterocycles. The van der Waals surface area contributed by atoms with Crippen molar-refractivity contribution in [1.29, 1.82) is 0 Å². The van der Waals surface area contributed by atoms with Gasteiger partial charge >= 0.3 is 5.97 Å². The van der Waals surface area contributed by atoms with E-state index < -0.39 is 5.97 Å². The number of thioether (sulfide) groups is 1. The van der Waals surface area contributed by atoms with E-state index >= 15 is 0 Å². The van der Waals surface area contributed by atoms with Gasteiger partial charge < -0.3 is 15.4 Å². The van der Waals surface area contributed by atoms with E-state index in [1.165, 1.54) is 15.7 Å². The Hall–Kier alpha value is -3.41. The number of nitrogens with zero attached hydrogens (tertiary/aromatic N) is 1. The molecule has 4 nitrogen and oxygen atoms in total. The summed E-state index contributed by atoms with van der Waals surface area (Å²) in [5.74, 6) is -0.238. The lowest BCUT2D eigenvalue weighted by atomic mass is 10.1. The molecule has 5 aromatic rings. The number of nitrogens with two attached hydrogens (primary N) is 1. The number of carboxylic acid groups (broad SMARTS) is 1. The highest BCUT2D eigenvalue weighted by Crippen LogP contribution is 2.37. The summed E-state index contributed by atoms with van der Waals surface area (Å²) < 4.78 is 2.20. The third-order valence-corrected chi connectivity index (χ3v) is 7.19. The molecular weight excluding hydrogens is 452 g/mol. The molecular formula is C27H21ClN2O2S. The topological polar surface area (TPSA) is 68.2 Å². The number of hydrogen-bond acceptors (Lipinski definition) is 3. The Morgan fingerprint density at radius 3 is 2.45 bits per heavy atom. The van der Waals surface area contributed by atoms with E-state index in [2.05, 4.69) is 34.9 Å². The van der Waals surface area contributed by atoms with Crippen LogP contribution in [-0.4, -0.2) is 15.6 Å². The fraction of sp³-hybridized carbons (Fsp3) is 0.0741. The van der Waals surface area contributed by atoms with Crippen molar-refractivity contribution in [3.8, 4) is 0 Å². The molecule has 0 radical (unpaired) electrons. The number of hydrogen-bond donors (Lipinski definition) is 2. The lowest BCUT2D eigenvalue weighted by Gasteiger charge is -2.12. The average Bonchev–Trinajstić information content (AvgIpc) is 3.08. The number of nitrogen functional groups attached to an aromatic ring is 1. The first-order valence-electron chi connectivity index (χ1n) is 10.5. The van der Waals surface area contributed by atoms with Crippen LogP contribution in [0.3, 0.4) is 0 Å². The molecule has 0 atom stereocenters. The van der Waals surface area contributed by atoms with Crippen molar-refractivity contribution in [3.63, 3.8) is 0 Å². The zero-order chi connectivity index (χ0) is 22.9. The lowest BCUT2D eigenvalue weighted by molar-refractivity contribution is 0.0697. The highest BCUT2D eigenvalue weighted by atomic mass is 35.5. The number of fused-ring (bicyclic) bond motifs is 2. The molecule has 3 N–H and O–H groups in total. The molecule has 0 amide bonds. The van der Waals surface area contributed by atoms with Crippen molar-refractivity contribution in [2.24, 2.45) is 0 Å². The van der Waals surface area contributed by atoms with Gasteiger partial charge in [-0.05, 0) is 58.8 Å². The van der Waals surface area contributed by atoms with Gasteiger partial charge in [0.15, 0.2) is 0 Å². The Balaban J connectivity index is 1.51. The van der Waals surface area contributed by atoms with Gasteiger partial charge in [0.05, 0.1) is 16.1 Å². The first kappa shape index (κ1) is 21.4. The Morgan fingerprint density at radius 1 is 0.939 bits per heavy atom. The molecule has 0 unspecified atom stereocenters. The molecule has 1 heterocycles. The second kappa shape index (κ2) is 8.85. The number of carbonyl (C=O) groups is 1. The summed E-state index contributed by atoms with van der Waals surface area (Å²) in [6.07, 6.45) is 0. The molecule has 0 aliphatic rings. The molecule has 164 valence electrons. The van der Waals surface area contributed by atoms with E-state index in [-0.39, 0.29) is 5.56 Å². The van der Waals surface area contributed by atoms with Crippen LogP contribution < -0.4 is 5.73 Å². The largest absolute Gasteiger partial charge is 0.478 e. The summed E-state index contributed by atoms with van der Waals surface area (Å²) in [5.41, 5.74) is 10.00. The predicted octanol–water partition coefficient (Wildman–Crippen LogP) is 7.07. The van der Waals surface area contributed by atoms with E-state index in [1.54, 1.807) is 23.9 Å². The van der Waals surface area contributed by atoms with Gasteiger partial charge in [-0.15, -0.1) is 11.8 Å². The maximum atomic E-state index is 11.2. The van der Waals surface area contributed by atoms with Crippen LogP contribution >= 0.6 is 23.4 Å². The van der Waals surface area contributed by atoms with Crippen LogP contribution in [0.5, 0.6) is 0 Å². The molecule has 0 fully saturated rings. The third kappa shape index (κ3) is 4.30. The zero-order valence-corrected chi connectivity index (χ0v) is 19.2. The molecule has 4 aromatic carbocycles. The molecule has 0 bridgehead atoms. The van der Waals surface area contributed by atoms with Crippen molar-refractivity contribution in [2.45, 2.75) is 17.2 Å². The first-order chi connectivity index (χ1) is 16.0. The van der Waals surface area contributed by atoms with Gasteiger partial charge in [-0.1, -0.05) is 54.1 Å². The number of aromatic nitrogens is 1.